The largest absolute Gasteiger partial charge is 0.395 e. The van der Waals surface area contributed by atoms with Crippen molar-refractivity contribution in [2.75, 3.05) is 65.9 Å². The van der Waals surface area contributed by atoms with Gasteiger partial charge in [-0.15, -0.1) is 0 Å². The van der Waals surface area contributed by atoms with E-state index in [2.05, 4.69) is 87.7 Å². The summed E-state index contributed by atoms with van der Waals surface area (Å²) in [7, 11) is 0. The molecule has 11 heteroatoms. The van der Waals surface area contributed by atoms with E-state index in [1.807, 2.05) is 0 Å². The van der Waals surface area contributed by atoms with Gasteiger partial charge in [0.2, 0.25) is 0 Å². The number of hydrogen-bond donors (Lipinski definition) is 6. The molecule has 0 aromatic carbocycles. The van der Waals surface area contributed by atoms with Gasteiger partial charge in [-0.1, -0.05) is 89.8 Å². The lowest BCUT2D eigenvalue weighted by Gasteiger charge is -2.73. The van der Waals surface area contributed by atoms with Gasteiger partial charge in [-0.2, -0.15) is 0 Å². The van der Waals surface area contributed by atoms with Crippen molar-refractivity contribution in [2.45, 2.75) is 262 Å². The standard InChI is InChI=1S/C37H63NO4.C35H56O4.C2H7NO.CH4/c1-25(23-40)26-12-17-37(24-42-31-9-7-8-22-41-31)19-18-35(5)27(32(26)37)10-11-29-34(4)15-14-30(38-20-21-39)33(2,3)28(34)13-16-36(29,35)6;1-23(21-36)24-12-17-35(22-39-29-9-7-8-20-38-29)19-18-33(5)25(30(24)35)10-11-27-32(4)15-14-28(37)31(2,3)26(32)13-16-34(27,33)6;3-1-2-4;/h26-32,38-40H,1,7-24H2,2-6H3;24-27,29-30,36H,1,7-22H2,2-6H3;4H,1-3H2;1H4/t26-,27+,28-,29+,30?,31?,32+,34-,35+,36+,37+;24-,25+,26-,27+,29?,30+,32-,33+,34+,35+;;/m00../s1. The first-order valence-electron chi connectivity index (χ1n) is 35.5. The number of carbonyl (C=O) groups excluding carboxylic acids is 1. The molecule has 0 aromatic rings. The number of nitrogens with one attached hydrogen (secondary N) is 1. The smallest absolute Gasteiger partial charge is 0.157 e. The number of aliphatic hydroxyl groups is 4. The second kappa shape index (κ2) is 26.3. The third-order valence-corrected chi connectivity index (χ3v) is 30.5. The molecule has 7 N–H and O–H groups in total. The Morgan fingerprint density at radius 2 is 1.00 bits per heavy atom. The molecule has 0 aromatic heterocycles. The molecule has 2 heterocycles. The second-order valence-corrected chi connectivity index (χ2v) is 34.0. The number of carbonyl (C=O) groups is 1. The van der Waals surface area contributed by atoms with Crippen LogP contribution in [0.15, 0.2) is 24.3 Å². The number of rotatable bonds is 14. The number of aliphatic hydroxyl groups excluding tert-OH is 4. The van der Waals surface area contributed by atoms with E-state index in [1.165, 1.54) is 116 Å². The molecule has 2 saturated heterocycles. The van der Waals surface area contributed by atoms with E-state index in [1.54, 1.807) is 0 Å². The highest BCUT2D eigenvalue weighted by molar-refractivity contribution is 5.85. The molecule has 11 nitrogen and oxygen atoms in total. The normalized spacial score (nSPS) is 47.8. The van der Waals surface area contributed by atoms with Crippen molar-refractivity contribution in [1.29, 1.82) is 0 Å². The van der Waals surface area contributed by atoms with Crippen LogP contribution in [0.1, 0.15) is 244 Å². The van der Waals surface area contributed by atoms with Gasteiger partial charge in [0, 0.05) is 44.2 Å². The van der Waals surface area contributed by atoms with Gasteiger partial charge in [0.15, 0.2) is 12.6 Å². The Morgan fingerprint density at radius 1 is 0.535 bits per heavy atom. The SMILES string of the molecule is C.C=C(CO)[C@@H]1CC[C@]2(COC3CCCCO3)CC[C@]3(C)[C@H](CC[C@@H]4[C@@]5(C)CCC(=O)C(C)(C)[C@@H]5CC[C@]43C)[C@@H]12.C=C(CO)[C@@H]1CC[C@]2(COC3CCCCO3)CC[C@]3(C)[C@H](CC[C@@H]4[C@@]5(C)CCC(NCCO)C(C)(C)[C@@H]5CC[C@]43C)[C@@H]12.NCCO. The predicted octanol–water partition coefficient (Wildman–Crippen LogP) is 14.4. The maximum atomic E-state index is 13.1. The van der Waals surface area contributed by atoms with Crippen molar-refractivity contribution in [3.63, 3.8) is 0 Å². The molecule has 86 heavy (non-hydrogen) atoms. The average Bonchev–Trinajstić information content (AvgIpc) is 0.973. The summed E-state index contributed by atoms with van der Waals surface area (Å²) < 4.78 is 25.3. The van der Waals surface area contributed by atoms with Crippen molar-refractivity contribution < 1.29 is 44.2 Å². The molecule has 12 fully saturated rings. The van der Waals surface area contributed by atoms with Gasteiger partial charge in [0.1, 0.15) is 5.78 Å². The van der Waals surface area contributed by atoms with Gasteiger partial charge < -0.3 is 50.4 Å². The quantitative estimate of drug-likeness (QED) is 0.0914. The molecule has 10 aliphatic carbocycles. The lowest BCUT2D eigenvalue weighted by Crippen LogP contribution is -2.67. The minimum Gasteiger partial charge on any atom is -0.395 e. The summed E-state index contributed by atoms with van der Waals surface area (Å²) in [4.78, 5) is 13.1. The van der Waals surface area contributed by atoms with Crippen LogP contribution in [0, 0.1) is 113 Å². The van der Waals surface area contributed by atoms with Crippen LogP contribution in [0.5, 0.6) is 0 Å². The van der Waals surface area contributed by atoms with Crippen molar-refractivity contribution in [3.8, 4) is 0 Å². The number of ketones is 1. The fraction of sp³-hybridized carbons (Fsp3) is 0.933. The van der Waals surface area contributed by atoms with Gasteiger partial charge in [0.25, 0.3) is 0 Å². The molecule has 0 amide bonds. The zero-order valence-corrected chi connectivity index (χ0v) is 55.8. The second-order valence-electron chi connectivity index (χ2n) is 34.0. The molecule has 0 radical (unpaired) electrons. The van der Waals surface area contributed by atoms with Crippen molar-refractivity contribution in [1.82, 2.24) is 5.32 Å². The van der Waals surface area contributed by atoms with E-state index in [-0.39, 0.29) is 84.3 Å². The van der Waals surface area contributed by atoms with Gasteiger partial charge in [-0.05, 0) is 280 Å². The average molecular weight is 1200 g/mol. The molecule has 12 aliphatic rings. The summed E-state index contributed by atoms with van der Waals surface area (Å²) in [6.45, 7) is 39.4. The van der Waals surface area contributed by atoms with Crippen LogP contribution in [-0.2, 0) is 23.7 Å². The summed E-state index contributed by atoms with van der Waals surface area (Å²) in [6, 6.07) is 0.492. The number of fused-ring (bicyclic) bond motifs is 14. The lowest BCUT2D eigenvalue weighted by molar-refractivity contribution is -0.250. The number of Topliss-reactive ketones (excluding diaryl/α,β-unsaturated/α-hetero) is 1. The first-order valence-corrected chi connectivity index (χ1v) is 35.5. The minimum atomic E-state index is -0.193. The van der Waals surface area contributed by atoms with Gasteiger partial charge in [-0.25, -0.2) is 0 Å². The van der Waals surface area contributed by atoms with Crippen LogP contribution < -0.4 is 11.1 Å². The molecule has 0 spiro atoms. The highest BCUT2D eigenvalue weighted by atomic mass is 16.7. The minimum absolute atomic E-state index is 0. The fourth-order valence-electron chi connectivity index (χ4n) is 25.7. The monoisotopic (exact) mass is 1200 g/mol. The molecule has 10 saturated carbocycles. The first kappa shape index (κ1) is 69.1. The van der Waals surface area contributed by atoms with Crippen LogP contribution in [-0.4, -0.2) is 111 Å². The molecular weight excluding hydrogens is 1070 g/mol. The Hall–Kier alpha value is -1.25. The zero-order chi connectivity index (χ0) is 61.2. The number of hydrogen-bond acceptors (Lipinski definition) is 11. The molecule has 3 unspecified atom stereocenters. The molecule has 2 aliphatic heterocycles. The van der Waals surface area contributed by atoms with Crippen LogP contribution in [0.3, 0.4) is 0 Å². The maximum Gasteiger partial charge on any atom is 0.157 e. The van der Waals surface area contributed by atoms with E-state index >= 15 is 0 Å². The van der Waals surface area contributed by atoms with E-state index in [9.17, 15) is 20.1 Å². The first-order chi connectivity index (χ1) is 40.3. The fourth-order valence-corrected chi connectivity index (χ4v) is 25.7. The molecular formula is C75H130N2O9. The molecule has 21 atom stereocenters. The molecule has 0 bridgehead atoms. The zero-order valence-electron chi connectivity index (χ0n) is 55.8. The number of nitrogens with two attached hydrogens (primary N) is 1. The summed E-state index contributed by atoms with van der Waals surface area (Å²) in [5.41, 5.74) is 9.10. The Kier molecular flexibility index (Phi) is 21.1. The topological polar surface area (TPSA) is 173 Å². The van der Waals surface area contributed by atoms with Crippen molar-refractivity contribution >= 4 is 5.78 Å². The van der Waals surface area contributed by atoms with Crippen LogP contribution in [0.4, 0.5) is 0 Å². The summed E-state index contributed by atoms with van der Waals surface area (Å²) in [5.74, 6) is 6.34. The number of ether oxygens (including phenoxy) is 4. The third-order valence-electron chi connectivity index (χ3n) is 30.5. The Balaban J connectivity index is 0.000000192. The third kappa shape index (κ3) is 11.2. The van der Waals surface area contributed by atoms with E-state index < -0.39 is 0 Å². The van der Waals surface area contributed by atoms with E-state index in [4.69, 9.17) is 29.8 Å². The Morgan fingerprint density at radius 3 is 1.43 bits per heavy atom. The maximum absolute atomic E-state index is 13.1. The van der Waals surface area contributed by atoms with Crippen molar-refractivity contribution in [3.05, 3.63) is 24.3 Å². The molecule has 494 valence electrons. The summed E-state index contributed by atoms with van der Waals surface area (Å²) >= 11 is 0. The van der Waals surface area contributed by atoms with Gasteiger partial charge in [-0.3, -0.25) is 4.79 Å². The predicted molar refractivity (Wildman–Crippen MR) is 347 cm³/mol. The molecule has 12 rings (SSSR count). The summed E-state index contributed by atoms with van der Waals surface area (Å²) in [5, 5.41) is 41.6. The van der Waals surface area contributed by atoms with Crippen LogP contribution in [0.25, 0.3) is 0 Å². The van der Waals surface area contributed by atoms with Crippen molar-refractivity contribution in [2.24, 2.45) is 119 Å². The Bertz CT molecular complexity index is 2330. The van der Waals surface area contributed by atoms with E-state index in [0.717, 1.165) is 94.9 Å². The van der Waals surface area contributed by atoms with Gasteiger partial charge in [0.05, 0.1) is 39.6 Å². The van der Waals surface area contributed by atoms with Crippen LogP contribution in [0.2, 0.25) is 0 Å². The van der Waals surface area contributed by atoms with E-state index in [0.29, 0.717) is 94.4 Å². The highest BCUT2D eigenvalue weighted by Crippen LogP contribution is 2.80. The highest BCUT2D eigenvalue weighted by Gasteiger charge is 2.73. The summed E-state index contributed by atoms with van der Waals surface area (Å²) in [6.07, 6.45) is 31.1. The Labute approximate surface area is 524 Å². The lowest BCUT2D eigenvalue weighted by atomic mass is 9.32. The van der Waals surface area contributed by atoms with Crippen LogP contribution >= 0.6 is 0 Å². The van der Waals surface area contributed by atoms with Gasteiger partial charge >= 0.3 is 0 Å².